The Morgan fingerprint density at radius 2 is 1.56 bits per heavy atom. The van der Waals surface area contributed by atoms with Crippen molar-refractivity contribution in [2.75, 3.05) is 46.3 Å². The molecule has 0 amide bonds. The van der Waals surface area contributed by atoms with E-state index in [0.29, 0.717) is 6.04 Å². The van der Waals surface area contributed by atoms with Crippen molar-refractivity contribution in [1.82, 2.24) is 20.9 Å². The molecule has 0 aromatic rings. The topological polar surface area (TPSA) is 39.3 Å². The standard InChI is InChI=1S/C12H28N4/c1-11-12(2,3)16(4)10-9-14-6-5-13-7-8-15-11/h11,13-15H,5-10H2,1-4H3. The first kappa shape index (κ1) is 13.9. The van der Waals surface area contributed by atoms with Crippen LogP contribution < -0.4 is 16.0 Å². The van der Waals surface area contributed by atoms with Crippen LogP contribution in [0.2, 0.25) is 0 Å². The lowest BCUT2D eigenvalue weighted by Gasteiger charge is -2.41. The summed E-state index contributed by atoms with van der Waals surface area (Å²) in [6.45, 7) is 13.3. The minimum atomic E-state index is 0.195. The summed E-state index contributed by atoms with van der Waals surface area (Å²) >= 11 is 0. The summed E-state index contributed by atoms with van der Waals surface area (Å²) in [6, 6.07) is 0.499. The van der Waals surface area contributed by atoms with E-state index in [1.54, 1.807) is 0 Å². The summed E-state index contributed by atoms with van der Waals surface area (Å²) in [6.07, 6.45) is 0. The number of likely N-dealkylation sites (N-methyl/N-ethyl adjacent to an activating group) is 1. The van der Waals surface area contributed by atoms with Gasteiger partial charge < -0.3 is 16.0 Å². The average molecular weight is 228 g/mol. The fourth-order valence-electron chi connectivity index (χ4n) is 1.92. The number of nitrogens with one attached hydrogen (secondary N) is 3. The van der Waals surface area contributed by atoms with Gasteiger partial charge in [0.2, 0.25) is 0 Å². The smallest absolute Gasteiger partial charge is 0.0301 e. The number of nitrogens with zero attached hydrogens (tertiary/aromatic N) is 1. The van der Waals surface area contributed by atoms with Crippen LogP contribution in [0.1, 0.15) is 20.8 Å². The summed E-state index contributed by atoms with van der Waals surface area (Å²) < 4.78 is 0. The zero-order valence-electron chi connectivity index (χ0n) is 11.3. The second kappa shape index (κ2) is 6.55. The molecule has 0 aliphatic carbocycles. The van der Waals surface area contributed by atoms with Crippen LogP contribution in [0, 0.1) is 0 Å². The third kappa shape index (κ3) is 4.01. The molecule has 1 unspecified atom stereocenters. The molecule has 0 aromatic heterocycles. The normalized spacial score (nSPS) is 30.4. The van der Waals surface area contributed by atoms with Gasteiger partial charge >= 0.3 is 0 Å². The Bertz CT molecular complexity index is 175. The molecule has 1 saturated heterocycles. The summed E-state index contributed by atoms with van der Waals surface area (Å²) in [5.41, 5.74) is 0.195. The van der Waals surface area contributed by atoms with Gasteiger partial charge in [-0.2, -0.15) is 0 Å². The maximum atomic E-state index is 3.60. The molecule has 3 N–H and O–H groups in total. The van der Waals surface area contributed by atoms with E-state index in [1.807, 2.05) is 0 Å². The first-order valence-electron chi connectivity index (χ1n) is 6.41. The van der Waals surface area contributed by atoms with Gasteiger partial charge in [-0.05, 0) is 27.8 Å². The van der Waals surface area contributed by atoms with Crippen LogP contribution in [-0.4, -0.2) is 62.8 Å². The van der Waals surface area contributed by atoms with Crippen LogP contribution in [0.25, 0.3) is 0 Å². The van der Waals surface area contributed by atoms with E-state index in [1.165, 1.54) is 0 Å². The lowest BCUT2D eigenvalue weighted by Crippen LogP contribution is -2.57. The van der Waals surface area contributed by atoms with Crippen molar-refractivity contribution < 1.29 is 0 Å². The Hall–Kier alpha value is -0.160. The zero-order chi connectivity index (χ0) is 12.0. The molecule has 0 aromatic carbocycles. The van der Waals surface area contributed by atoms with Crippen molar-refractivity contribution in [3.05, 3.63) is 0 Å². The van der Waals surface area contributed by atoms with Gasteiger partial charge in [-0.3, -0.25) is 4.90 Å². The number of hydrogen-bond acceptors (Lipinski definition) is 4. The number of rotatable bonds is 0. The highest BCUT2D eigenvalue weighted by atomic mass is 15.2. The van der Waals surface area contributed by atoms with Gasteiger partial charge in [0, 0.05) is 50.8 Å². The second-order valence-electron chi connectivity index (χ2n) is 5.25. The first-order chi connectivity index (χ1) is 7.55. The molecule has 4 nitrogen and oxygen atoms in total. The van der Waals surface area contributed by atoms with Crippen LogP contribution in [0.3, 0.4) is 0 Å². The number of hydrogen-bond donors (Lipinski definition) is 3. The van der Waals surface area contributed by atoms with Gasteiger partial charge in [-0.1, -0.05) is 0 Å². The van der Waals surface area contributed by atoms with E-state index in [9.17, 15) is 0 Å². The minimum absolute atomic E-state index is 0.195. The maximum Gasteiger partial charge on any atom is 0.0301 e. The van der Waals surface area contributed by atoms with E-state index in [0.717, 1.165) is 39.3 Å². The molecule has 0 bridgehead atoms. The molecule has 16 heavy (non-hydrogen) atoms. The second-order valence-corrected chi connectivity index (χ2v) is 5.25. The van der Waals surface area contributed by atoms with Gasteiger partial charge in [-0.25, -0.2) is 0 Å². The third-order valence-electron chi connectivity index (χ3n) is 3.90. The molecular weight excluding hydrogens is 200 g/mol. The fraction of sp³-hybridized carbons (Fsp3) is 1.00. The largest absolute Gasteiger partial charge is 0.314 e. The predicted octanol–water partition coefficient (Wildman–Crippen LogP) is -0.132. The van der Waals surface area contributed by atoms with Crippen LogP contribution in [0.4, 0.5) is 0 Å². The summed E-state index contributed by atoms with van der Waals surface area (Å²) in [5.74, 6) is 0. The molecule has 1 atom stereocenters. The third-order valence-corrected chi connectivity index (χ3v) is 3.90. The molecule has 4 heteroatoms. The molecule has 1 heterocycles. The monoisotopic (exact) mass is 228 g/mol. The maximum absolute atomic E-state index is 3.60. The lowest BCUT2D eigenvalue weighted by molar-refractivity contribution is 0.116. The molecule has 1 aliphatic rings. The summed E-state index contributed by atoms with van der Waals surface area (Å²) in [5, 5.41) is 10.5. The Balaban J connectivity index is 2.52. The van der Waals surface area contributed by atoms with Crippen LogP contribution in [0.5, 0.6) is 0 Å². The van der Waals surface area contributed by atoms with Crippen LogP contribution in [0.15, 0.2) is 0 Å². The van der Waals surface area contributed by atoms with Crippen molar-refractivity contribution in [3.63, 3.8) is 0 Å². The van der Waals surface area contributed by atoms with Gasteiger partial charge in [0.15, 0.2) is 0 Å². The lowest BCUT2D eigenvalue weighted by atomic mass is 9.94. The van der Waals surface area contributed by atoms with Crippen molar-refractivity contribution in [3.8, 4) is 0 Å². The summed E-state index contributed by atoms with van der Waals surface area (Å²) in [7, 11) is 2.21. The van der Waals surface area contributed by atoms with E-state index >= 15 is 0 Å². The van der Waals surface area contributed by atoms with Gasteiger partial charge in [-0.15, -0.1) is 0 Å². The van der Waals surface area contributed by atoms with Gasteiger partial charge in [0.1, 0.15) is 0 Å². The minimum Gasteiger partial charge on any atom is -0.314 e. The summed E-state index contributed by atoms with van der Waals surface area (Å²) in [4.78, 5) is 2.44. The molecule has 1 fully saturated rings. The highest BCUT2D eigenvalue weighted by molar-refractivity contribution is 4.90. The molecule has 1 aliphatic heterocycles. The first-order valence-corrected chi connectivity index (χ1v) is 6.41. The zero-order valence-corrected chi connectivity index (χ0v) is 11.3. The highest BCUT2D eigenvalue weighted by Crippen LogP contribution is 2.16. The van der Waals surface area contributed by atoms with Crippen LogP contribution in [-0.2, 0) is 0 Å². The van der Waals surface area contributed by atoms with E-state index in [2.05, 4.69) is 48.7 Å². The van der Waals surface area contributed by atoms with Crippen molar-refractivity contribution >= 4 is 0 Å². The molecule has 0 radical (unpaired) electrons. The van der Waals surface area contributed by atoms with Gasteiger partial charge in [0.25, 0.3) is 0 Å². The molecular formula is C12H28N4. The molecule has 1 rings (SSSR count). The van der Waals surface area contributed by atoms with E-state index in [4.69, 9.17) is 0 Å². The Morgan fingerprint density at radius 1 is 1.00 bits per heavy atom. The van der Waals surface area contributed by atoms with Gasteiger partial charge in [0.05, 0.1) is 0 Å². The Morgan fingerprint density at radius 3 is 2.25 bits per heavy atom. The molecule has 0 spiro atoms. The average Bonchev–Trinajstić information content (AvgIpc) is 2.24. The Labute approximate surface area is 100 Å². The van der Waals surface area contributed by atoms with Crippen molar-refractivity contribution in [1.29, 1.82) is 0 Å². The van der Waals surface area contributed by atoms with Crippen molar-refractivity contribution in [2.45, 2.75) is 32.4 Å². The SMILES string of the molecule is CC1NCCNCCNCCN(C)C1(C)C. The molecule has 0 saturated carbocycles. The fourth-order valence-corrected chi connectivity index (χ4v) is 1.92. The van der Waals surface area contributed by atoms with Crippen molar-refractivity contribution in [2.24, 2.45) is 0 Å². The Kier molecular flexibility index (Phi) is 5.69. The van der Waals surface area contributed by atoms with E-state index < -0.39 is 0 Å². The quantitative estimate of drug-likeness (QED) is 0.540. The highest BCUT2D eigenvalue weighted by Gasteiger charge is 2.29. The van der Waals surface area contributed by atoms with Crippen LogP contribution >= 0.6 is 0 Å². The molecule has 96 valence electrons. The van der Waals surface area contributed by atoms with E-state index in [-0.39, 0.29) is 5.54 Å². The predicted molar refractivity (Wildman–Crippen MR) is 69.9 cm³/mol.